The van der Waals surface area contributed by atoms with Gasteiger partial charge in [-0.05, 0) is 49.3 Å². The second-order valence-electron chi connectivity index (χ2n) is 5.84. The number of aryl methyl sites for hydroxylation is 2. The standard InChI is InChI=1S/C16H22N2/c1-11-6-7-14-13(10-18(2)16(14)8-11)9-12-4-3-5-15(12)17/h6-8,10,12,15H,3-5,9,17H2,1-2H3. The predicted octanol–water partition coefficient (Wildman–Crippen LogP) is 3.16. The smallest absolute Gasteiger partial charge is 0.0483 e. The molecule has 0 aliphatic heterocycles. The second kappa shape index (κ2) is 4.43. The lowest BCUT2D eigenvalue weighted by atomic mass is 9.95. The molecule has 1 heterocycles. The molecule has 2 unspecified atom stereocenters. The number of nitrogens with two attached hydrogens (primary N) is 1. The van der Waals surface area contributed by atoms with E-state index in [2.05, 4.69) is 42.9 Å². The minimum absolute atomic E-state index is 0.408. The molecule has 0 bridgehead atoms. The number of rotatable bonds is 2. The zero-order valence-corrected chi connectivity index (χ0v) is 11.3. The molecular formula is C16H22N2. The summed E-state index contributed by atoms with van der Waals surface area (Å²) in [6, 6.07) is 7.15. The normalized spacial score (nSPS) is 23.9. The van der Waals surface area contributed by atoms with Crippen LogP contribution in [-0.2, 0) is 13.5 Å². The number of nitrogens with zero attached hydrogens (tertiary/aromatic N) is 1. The third-order valence-corrected chi connectivity index (χ3v) is 4.43. The molecule has 1 fully saturated rings. The Morgan fingerprint density at radius 1 is 1.33 bits per heavy atom. The lowest BCUT2D eigenvalue weighted by Gasteiger charge is -2.14. The molecule has 0 spiro atoms. The topological polar surface area (TPSA) is 30.9 Å². The number of benzene rings is 1. The summed E-state index contributed by atoms with van der Waals surface area (Å²) in [6.07, 6.45) is 7.23. The maximum absolute atomic E-state index is 6.20. The van der Waals surface area contributed by atoms with Crippen LogP contribution in [0.4, 0.5) is 0 Å². The Morgan fingerprint density at radius 2 is 2.17 bits per heavy atom. The minimum Gasteiger partial charge on any atom is -0.350 e. The van der Waals surface area contributed by atoms with E-state index in [1.54, 1.807) is 0 Å². The van der Waals surface area contributed by atoms with Crippen molar-refractivity contribution < 1.29 is 0 Å². The fraction of sp³-hybridized carbons (Fsp3) is 0.500. The van der Waals surface area contributed by atoms with Crippen LogP contribution in [0.3, 0.4) is 0 Å². The predicted molar refractivity (Wildman–Crippen MR) is 76.7 cm³/mol. The van der Waals surface area contributed by atoms with E-state index in [1.807, 2.05) is 0 Å². The summed E-state index contributed by atoms with van der Waals surface area (Å²) >= 11 is 0. The first-order valence-electron chi connectivity index (χ1n) is 6.95. The Hall–Kier alpha value is -1.28. The van der Waals surface area contributed by atoms with Crippen molar-refractivity contribution in [3.05, 3.63) is 35.5 Å². The maximum Gasteiger partial charge on any atom is 0.0483 e. The Balaban J connectivity index is 1.97. The van der Waals surface area contributed by atoms with E-state index in [9.17, 15) is 0 Å². The Morgan fingerprint density at radius 3 is 2.89 bits per heavy atom. The zero-order valence-electron chi connectivity index (χ0n) is 11.3. The van der Waals surface area contributed by atoms with Crippen molar-refractivity contribution in [2.75, 3.05) is 0 Å². The summed E-state index contributed by atoms with van der Waals surface area (Å²) in [7, 11) is 2.14. The van der Waals surface area contributed by atoms with Crippen LogP contribution in [0, 0.1) is 12.8 Å². The van der Waals surface area contributed by atoms with Crippen molar-refractivity contribution in [3.8, 4) is 0 Å². The van der Waals surface area contributed by atoms with Gasteiger partial charge in [-0.25, -0.2) is 0 Å². The molecule has 2 N–H and O–H groups in total. The molecule has 2 aromatic rings. The molecule has 2 nitrogen and oxygen atoms in total. The van der Waals surface area contributed by atoms with Crippen molar-refractivity contribution in [1.82, 2.24) is 4.57 Å². The summed E-state index contributed by atoms with van der Waals surface area (Å²) in [5.74, 6) is 0.678. The highest BCUT2D eigenvalue weighted by Gasteiger charge is 2.25. The molecule has 0 saturated heterocycles. The van der Waals surface area contributed by atoms with Crippen LogP contribution in [0.5, 0.6) is 0 Å². The van der Waals surface area contributed by atoms with Gasteiger partial charge in [0.15, 0.2) is 0 Å². The minimum atomic E-state index is 0.408. The van der Waals surface area contributed by atoms with Crippen LogP contribution in [0.25, 0.3) is 10.9 Å². The van der Waals surface area contributed by atoms with Crippen molar-refractivity contribution in [2.24, 2.45) is 18.7 Å². The average Bonchev–Trinajstić information content (AvgIpc) is 2.86. The molecule has 2 heteroatoms. The molecule has 18 heavy (non-hydrogen) atoms. The maximum atomic E-state index is 6.20. The molecule has 1 aromatic heterocycles. The van der Waals surface area contributed by atoms with E-state index in [-0.39, 0.29) is 0 Å². The van der Waals surface area contributed by atoms with Crippen molar-refractivity contribution in [2.45, 2.75) is 38.6 Å². The van der Waals surface area contributed by atoms with E-state index in [0.29, 0.717) is 12.0 Å². The highest BCUT2D eigenvalue weighted by molar-refractivity contribution is 5.84. The molecule has 1 aliphatic rings. The molecule has 1 saturated carbocycles. The fourth-order valence-electron chi connectivity index (χ4n) is 3.34. The van der Waals surface area contributed by atoms with Gasteiger partial charge in [0.05, 0.1) is 0 Å². The zero-order chi connectivity index (χ0) is 12.7. The highest BCUT2D eigenvalue weighted by Crippen LogP contribution is 2.31. The second-order valence-corrected chi connectivity index (χ2v) is 5.84. The molecular weight excluding hydrogens is 220 g/mol. The first-order valence-corrected chi connectivity index (χ1v) is 6.95. The number of hydrogen-bond donors (Lipinski definition) is 1. The quantitative estimate of drug-likeness (QED) is 0.861. The lowest BCUT2D eigenvalue weighted by molar-refractivity contribution is 0.480. The first-order chi connectivity index (χ1) is 8.65. The van der Waals surface area contributed by atoms with Gasteiger partial charge in [0, 0.05) is 30.2 Å². The van der Waals surface area contributed by atoms with E-state index in [0.717, 1.165) is 6.42 Å². The summed E-state index contributed by atoms with van der Waals surface area (Å²) in [5, 5.41) is 1.40. The summed E-state index contributed by atoms with van der Waals surface area (Å²) in [6.45, 7) is 2.15. The highest BCUT2D eigenvalue weighted by atomic mass is 14.9. The number of aromatic nitrogens is 1. The van der Waals surface area contributed by atoms with Crippen molar-refractivity contribution in [3.63, 3.8) is 0 Å². The summed E-state index contributed by atoms with van der Waals surface area (Å²) in [4.78, 5) is 0. The van der Waals surface area contributed by atoms with E-state index in [4.69, 9.17) is 5.73 Å². The molecule has 0 radical (unpaired) electrons. The van der Waals surface area contributed by atoms with Gasteiger partial charge in [-0.2, -0.15) is 0 Å². The van der Waals surface area contributed by atoms with Gasteiger partial charge in [0.1, 0.15) is 0 Å². The SMILES string of the molecule is Cc1ccc2c(CC3CCCC3N)cn(C)c2c1. The van der Waals surface area contributed by atoms with Crippen molar-refractivity contribution in [1.29, 1.82) is 0 Å². The third-order valence-electron chi connectivity index (χ3n) is 4.43. The fourth-order valence-corrected chi connectivity index (χ4v) is 3.34. The number of hydrogen-bond acceptors (Lipinski definition) is 1. The number of fused-ring (bicyclic) bond motifs is 1. The van der Waals surface area contributed by atoms with Gasteiger partial charge in [0.25, 0.3) is 0 Å². The molecule has 96 valence electrons. The third kappa shape index (κ3) is 1.95. The van der Waals surface area contributed by atoms with Gasteiger partial charge < -0.3 is 10.3 Å². The molecule has 1 aliphatic carbocycles. The van der Waals surface area contributed by atoms with Gasteiger partial charge in [0.2, 0.25) is 0 Å². The Kier molecular flexibility index (Phi) is 2.90. The van der Waals surface area contributed by atoms with Crippen LogP contribution in [0.2, 0.25) is 0 Å². The Bertz CT molecular complexity index is 568. The van der Waals surface area contributed by atoms with Crippen LogP contribution >= 0.6 is 0 Å². The van der Waals surface area contributed by atoms with Crippen molar-refractivity contribution >= 4 is 10.9 Å². The van der Waals surface area contributed by atoms with E-state index >= 15 is 0 Å². The van der Waals surface area contributed by atoms with Gasteiger partial charge >= 0.3 is 0 Å². The Labute approximate surface area is 109 Å². The van der Waals surface area contributed by atoms with Gasteiger partial charge in [-0.1, -0.05) is 18.6 Å². The largest absolute Gasteiger partial charge is 0.350 e. The van der Waals surface area contributed by atoms with Crippen LogP contribution in [-0.4, -0.2) is 10.6 Å². The molecule has 0 amide bonds. The summed E-state index contributed by atoms with van der Waals surface area (Å²) in [5.41, 5.74) is 10.3. The summed E-state index contributed by atoms with van der Waals surface area (Å²) < 4.78 is 2.25. The monoisotopic (exact) mass is 242 g/mol. The first kappa shape index (κ1) is 11.8. The van der Waals surface area contributed by atoms with Crippen LogP contribution < -0.4 is 5.73 Å². The average molecular weight is 242 g/mol. The molecule has 3 rings (SSSR count). The lowest BCUT2D eigenvalue weighted by Crippen LogP contribution is -2.25. The van der Waals surface area contributed by atoms with Gasteiger partial charge in [-0.3, -0.25) is 0 Å². The molecule has 2 atom stereocenters. The van der Waals surface area contributed by atoms with E-state index < -0.39 is 0 Å². The molecule has 1 aromatic carbocycles. The van der Waals surface area contributed by atoms with Crippen LogP contribution in [0.15, 0.2) is 24.4 Å². The van der Waals surface area contributed by atoms with Crippen LogP contribution in [0.1, 0.15) is 30.4 Å². The van der Waals surface area contributed by atoms with E-state index in [1.165, 1.54) is 41.3 Å². The van der Waals surface area contributed by atoms with Gasteiger partial charge in [-0.15, -0.1) is 0 Å².